The van der Waals surface area contributed by atoms with Crippen LogP contribution in [0.25, 0.3) is 5.69 Å². The first-order chi connectivity index (χ1) is 15.9. The molecule has 0 spiro atoms. The number of amides is 1. The number of nitrogens with zero attached hydrogens (tertiary/aromatic N) is 1. The highest BCUT2D eigenvalue weighted by Gasteiger charge is 2.35. The predicted molar refractivity (Wildman–Crippen MR) is 120 cm³/mol. The predicted octanol–water partition coefficient (Wildman–Crippen LogP) is 3.68. The van der Waals surface area contributed by atoms with E-state index < -0.39 is 11.9 Å². The standard InChI is InChI=1S/C24H24N2O7/c1-30-15-7-5-6-14(10-15)26-12-17(24(28)29)21-22(26)16(11-20(27)25-21)13-8-18(31-2)23(33-4)19(9-13)32-3/h5-10,12,16H,11H2,1-4H3,(H,25,27)(H,28,29)/t16-/m1/s1. The second kappa shape index (κ2) is 8.78. The molecule has 172 valence electrons. The highest BCUT2D eigenvalue weighted by Crippen LogP contribution is 2.46. The fourth-order valence-electron chi connectivity index (χ4n) is 4.18. The minimum absolute atomic E-state index is 0.00156. The van der Waals surface area contributed by atoms with E-state index in [0.717, 1.165) is 5.56 Å². The van der Waals surface area contributed by atoms with Crippen molar-refractivity contribution in [2.45, 2.75) is 12.3 Å². The molecule has 9 heteroatoms. The van der Waals surface area contributed by atoms with Gasteiger partial charge in [0.05, 0.1) is 39.8 Å². The Labute approximate surface area is 190 Å². The summed E-state index contributed by atoms with van der Waals surface area (Å²) in [6, 6.07) is 10.8. The summed E-state index contributed by atoms with van der Waals surface area (Å²) in [5.74, 6) is 0.0388. The van der Waals surface area contributed by atoms with Gasteiger partial charge in [-0.25, -0.2) is 4.79 Å². The zero-order valence-corrected chi connectivity index (χ0v) is 18.7. The highest BCUT2D eigenvalue weighted by atomic mass is 16.5. The van der Waals surface area contributed by atoms with Gasteiger partial charge >= 0.3 is 5.97 Å². The molecule has 1 aromatic heterocycles. The van der Waals surface area contributed by atoms with Crippen LogP contribution < -0.4 is 24.3 Å². The van der Waals surface area contributed by atoms with Gasteiger partial charge in [-0.1, -0.05) is 6.07 Å². The van der Waals surface area contributed by atoms with Crippen molar-refractivity contribution in [3.05, 3.63) is 59.4 Å². The highest BCUT2D eigenvalue weighted by molar-refractivity contribution is 6.04. The van der Waals surface area contributed by atoms with E-state index in [4.69, 9.17) is 18.9 Å². The molecule has 0 saturated carbocycles. The molecule has 9 nitrogen and oxygen atoms in total. The third-order valence-electron chi connectivity index (χ3n) is 5.68. The van der Waals surface area contributed by atoms with E-state index in [-0.39, 0.29) is 23.6 Å². The molecule has 0 aliphatic carbocycles. The normalized spacial score (nSPS) is 14.8. The minimum atomic E-state index is -1.14. The molecule has 1 aliphatic heterocycles. The minimum Gasteiger partial charge on any atom is -0.497 e. The maximum absolute atomic E-state index is 12.6. The number of hydrogen-bond acceptors (Lipinski definition) is 6. The molecule has 33 heavy (non-hydrogen) atoms. The maximum atomic E-state index is 12.6. The summed E-state index contributed by atoms with van der Waals surface area (Å²) < 4.78 is 23.5. The van der Waals surface area contributed by atoms with Gasteiger partial charge in [0.2, 0.25) is 11.7 Å². The summed E-state index contributed by atoms with van der Waals surface area (Å²) in [6.45, 7) is 0. The summed E-state index contributed by atoms with van der Waals surface area (Å²) in [6.07, 6.45) is 1.62. The third kappa shape index (κ3) is 3.82. The lowest BCUT2D eigenvalue weighted by molar-refractivity contribution is -0.116. The molecule has 1 amide bonds. The van der Waals surface area contributed by atoms with E-state index in [0.29, 0.717) is 34.4 Å². The van der Waals surface area contributed by atoms with Crippen LogP contribution in [0.5, 0.6) is 23.0 Å². The van der Waals surface area contributed by atoms with Gasteiger partial charge in [-0.2, -0.15) is 0 Å². The summed E-state index contributed by atoms with van der Waals surface area (Å²) >= 11 is 0. The lowest BCUT2D eigenvalue weighted by Gasteiger charge is -2.27. The number of anilines is 1. The average Bonchev–Trinajstić information content (AvgIpc) is 3.22. The van der Waals surface area contributed by atoms with Gasteiger partial charge in [-0.05, 0) is 29.8 Å². The van der Waals surface area contributed by atoms with Crippen molar-refractivity contribution in [2.24, 2.45) is 0 Å². The molecule has 2 aromatic carbocycles. The van der Waals surface area contributed by atoms with Crippen molar-refractivity contribution in [3.8, 4) is 28.7 Å². The first-order valence-corrected chi connectivity index (χ1v) is 10.1. The van der Waals surface area contributed by atoms with Crippen LogP contribution in [-0.2, 0) is 4.79 Å². The number of aromatic nitrogens is 1. The smallest absolute Gasteiger partial charge is 0.339 e. The number of carbonyl (C=O) groups excluding carboxylic acids is 1. The van der Waals surface area contributed by atoms with Crippen LogP contribution >= 0.6 is 0 Å². The van der Waals surface area contributed by atoms with Crippen molar-refractivity contribution in [3.63, 3.8) is 0 Å². The van der Waals surface area contributed by atoms with Gasteiger partial charge in [0.25, 0.3) is 0 Å². The van der Waals surface area contributed by atoms with Crippen molar-refractivity contribution in [1.29, 1.82) is 0 Å². The number of aromatic carboxylic acids is 1. The third-order valence-corrected chi connectivity index (χ3v) is 5.68. The fourth-order valence-corrected chi connectivity index (χ4v) is 4.18. The summed E-state index contributed by atoms with van der Waals surface area (Å²) in [5.41, 5.74) is 2.32. The second-order valence-electron chi connectivity index (χ2n) is 7.44. The molecular weight excluding hydrogens is 428 g/mol. The number of nitrogens with one attached hydrogen (secondary N) is 1. The van der Waals surface area contributed by atoms with Crippen LogP contribution in [0.2, 0.25) is 0 Å². The Balaban J connectivity index is 1.98. The van der Waals surface area contributed by atoms with Gasteiger partial charge in [0, 0.05) is 30.3 Å². The Hall–Kier alpha value is -4.14. The largest absolute Gasteiger partial charge is 0.497 e. The lowest BCUT2D eigenvalue weighted by atomic mass is 9.87. The molecule has 0 fully saturated rings. The number of carboxylic acids is 1. The SMILES string of the molecule is COc1cccc(-n2cc(C(=O)O)c3c2[C@@H](c2cc(OC)c(OC)c(OC)c2)CC(=O)N3)c1. The van der Waals surface area contributed by atoms with E-state index >= 15 is 0 Å². The number of benzene rings is 2. The molecule has 3 aromatic rings. The van der Waals surface area contributed by atoms with Gasteiger partial charge in [-0.3, -0.25) is 4.79 Å². The van der Waals surface area contributed by atoms with Crippen LogP contribution in [-0.4, -0.2) is 50.0 Å². The van der Waals surface area contributed by atoms with E-state index in [2.05, 4.69) is 5.32 Å². The van der Waals surface area contributed by atoms with Gasteiger partial charge < -0.3 is 33.9 Å². The Bertz CT molecular complexity index is 1210. The molecule has 0 unspecified atom stereocenters. The molecule has 0 bridgehead atoms. The molecule has 2 heterocycles. The Kier molecular flexibility index (Phi) is 5.87. The number of rotatable bonds is 7. The Morgan fingerprint density at radius 1 is 1.03 bits per heavy atom. The summed E-state index contributed by atoms with van der Waals surface area (Å²) in [7, 11) is 6.11. The number of carbonyl (C=O) groups is 2. The molecule has 4 rings (SSSR count). The van der Waals surface area contributed by atoms with E-state index in [1.54, 1.807) is 35.9 Å². The van der Waals surface area contributed by atoms with E-state index in [1.807, 2.05) is 12.1 Å². The molecule has 2 N–H and O–H groups in total. The van der Waals surface area contributed by atoms with Crippen LogP contribution in [0, 0.1) is 0 Å². The van der Waals surface area contributed by atoms with Crippen LogP contribution in [0.1, 0.15) is 34.0 Å². The fraction of sp³-hybridized carbons (Fsp3) is 0.250. The van der Waals surface area contributed by atoms with Crippen molar-refractivity contribution in [1.82, 2.24) is 4.57 Å². The van der Waals surface area contributed by atoms with E-state index in [1.165, 1.54) is 27.5 Å². The van der Waals surface area contributed by atoms with Gasteiger partial charge in [0.15, 0.2) is 11.5 Å². The topological polar surface area (TPSA) is 108 Å². The number of fused-ring (bicyclic) bond motifs is 1. The van der Waals surface area contributed by atoms with Crippen molar-refractivity contribution in [2.75, 3.05) is 33.8 Å². The summed E-state index contributed by atoms with van der Waals surface area (Å²) in [5, 5.41) is 12.6. The number of ether oxygens (including phenoxy) is 4. The first-order valence-electron chi connectivity index (χ1n) is 10.1. The molecule has 0 saturated heterocycles. The lowest BCUT2D eigenvalue weighted by Crippen LogP contribution is -2.25. The maximum Gasteiger partial charge on any atom is 0.339 e. The van der Waals surface area contributed by atoms with Crippen LogP contribution in [0.3, 0.4) is 0 Å². The number of carboxylic acid groups (broad SMARTS) is 1. The van der Waals surface area contributed by atoms with E-state index in [9.17, 15) is 14.7 Å². The molecule has 1 atom stereocenters. The average molecular weight is 452 g/mol. The number of hydrogen-bond donors (Lipinski definition) is 2. The number of methoxy groups -OCH3 is 4. The van der Waals surface area contributed by atoms with Crippen molar-refractivity contribution >= 4 is 17.6 Å². The molecular formula is C24H24N2O7. The van der Waals surface area contributed by atoms with Gasteiger partial charge in [-0.15, -0.1) is 0 Å². The quantitative estimate of drug-likeness (QED) is 0.563. The van der Waals surface area contributed by atoms with Crippen LogP contribution in [0.15, 0.2) is 42.6 Å². The zero-order valence-electron chi connectivity index (χ0n) is 18.7. The first kappa shape index (κ1) is 22.1. The molecule has 1 aliphatic rings. The second-order valence-corrected chi connectivity index (χ2v) is 7.44. The Morgan fingerprint density at radius 2 is 1.73 bits per heavy atom. The Morgan fingerprint density at radius 3 is 2.30 bits per heavy atom. The zero-order chi connectivity index (χ0) is 23.7. The monoisotopic (exact) mass is 452 g/mol. The summed E-state index contributed by atoms with van der Waals surface area (Å²) in [4.78, 5) is 24.7. The van der Waals surface area contributed by atoms with Crippen LogP contribution in [0.4, 0.5) is 5.69 Å². The van der Waals surface area contributed by atoms with Crippen molar-refractivity contribution < 1.29 is 33.6 Å². The molecule has 0 radical (unpaired) electrons. The van der Waals surface area contributed by atoms with Gasteiger partial charge in [0.1, 0.15) is 11.3 Å².